The van der Waals surface area contributed by atoms with Crippen LogP contribution in [0.15, 0.2) is 152 Å². The molecule has 0 unspecified atom stereocenters. The van der Waals surface area contributed by atoms with Crippen molar-refractivity contribution in [3.8, 4) is 0 Å². The van der Waals surface area contributed by atoms with Gasteiger partial charge in [-0.1, -0.05) is 97.1 Å². The van der Waals surface area contributed by atoms with Crippen molar-refractivity contribution in [1.82, 2.24) is 0 Å². The summed E-state index contributed by atoms with van der Waals surface area (Å²) in [5.74, 6) is 0. The zero-order chi connectivity index (χ0) is 27.6. The van der Waals surface area contributed by atoms with E-state index in [-0.39, 0.29) is 0 Å². The predicted octanol–water partition coefficient (Wildman–Crippen LogP) is 12.1. The minimum atomic E-state index is 1.15. The molecule has 196 valence electrons. The number of thiophene rings is 1. The van der Waals surface area contributed by atoms with Crippen LogP contribution in [0.5, 0.6) is 0 Å². The molecule has 0 aliphatic carbocycles. The Kier molecular flexibility index (Phi) is 5.13. The molecule has 9 rings (SSSR count). The largest absolute Gasteiger partial charge is 0.310 e. The maximum atomic E-state index is 2.38. The van der Waals surface area contributed by atoms with Gasteiger partial charge in [0.1, 0.15) is 0 Å². The Bertz CT molecular complexity index is 2470. The number of hydrogen-bond donors (Lipinski definition) is 0. The van der Waals surface area contributed by atoms with Crippen molar-refractivity contribution in [3.05, 3.63) is 152 Å². The second-order valence-electron chi connectivity index (χ2n) is 11.0. The first-order chi connectivity index (χ1) is 20.8. The number of para-hydroxylation sites is 1. The quantitative estimate of drug-likeness (QED) is 0.197. The normalized spacial score (nSPS) is 11.8. The molecular weight excluding hydrogens is 527 g/mol. The molecule has 0 aliphatic heterocycles. The lowest BCUT2D eigenvalue weighted by Crippen LogP contribution is -2.09. The van der Waals surface area contributed by atoms with Gasteiger partial charge in [0.15, 0.2) is 0 Å². The third-order valence-electron chi connectivity index (χ3n) is 8.58. The van der Waals surface area contributed by atoms with E-state index >= 15 is 0 Å². The lowest BCUT2D eigenvalue weighted by Gasteiger charge is -2.26. The summed E-state index contributed by atoms with van der Waals surface area (Å²) >= 11 is 1.87. The third kappa shape index (κ3) is 3.62. The van der Waals surface area contributed by atoms with Crippen molar-refractivity contribution >= 4 is 91.7 Å². The molecule has 0 radical (unpaired) electrons. The van der Waals surface area contributed by atoms with Gasteiger partial charge in [0.25, 0.3) is 0 Å². The molecule has 8 aromatic carbocycles. The molecule has 1 heterocycles. The van der Waals surface area contributed by atoms with Gasteiger partial charge in [-0.05, 0) is 97.7 Å². The highest BCUT2D eigenvalue weighted by molar-refractivity contribution is 7.25. The standard InChI is InChI=1S/C40H25NS/c1-2-11-30(12-3-1)41(32-17-21-39-38(25-32)37-23-27-9-4-5-10-28(27)24-40(37)42-39)31-16-20-34-29(22-31)15-19-35-33-13-7-6-8-26(33)14-18-36(34)35/h1-25H. The van der Waals surface area contributed by atoms with Gasteiger partial charge >= 0.3 is 0 Å². The van der Waals surface area contributed by atoms with Crippen molar-refractivity contribution < 1.29 is 0 Å². The van der Waals surface area contributed by atoms with Crippen LogP contribution >= 0.6 is 11.3 Å². The summed E-state index contributed by atoms with van der Waals surface area (Å²) in [5.41, 5.74) is 3.46. The Morgan fingerprint density at radius 3 is 1.74 bits per heavy atom. The topological polar surface area (TPSA) is 3.24 Å². The molecule has 2 heteroatoms. The third-order valence-corrected chi connectivity index (χ3v) is 9.71. The number of fused-ring (bicyclic) bond motifs is 9. The van der Waals surface area contributed by atoms with Gasteiger partial charge in [0.2, 0.25) is 0 Å². The Morgan fingerprint density at radius 1 is 0.310 bits per heavy atom. The second-order valence-corrected chi connectivity index (χ2v) is 12.1. The van der Waals surface area contributed by atoms with E-state index in [1.165, 1.54) is 63.3 Å². The van der Waals surface area contributed by atoms with Crippen molar-refractivity contribution in [2.24, 2.45) is 0 Å². The van der Waals surface area contributed by atoms with Gasteiger partial charge in [-0.25, -0.2) is 0 Å². The van der Waals surface area contributed by atoms with Crippen LogP contribution in [0.25, 0.3) is 63.3 Å². The summed E-state index contributed by atoms with van der Waals surface area (Å²) in [7, 11) is 0. The number of benzene rings is 8. The van der Waals surface area contributed by atoms with Crippen molar-refractivity contribution in [3.63, 3.8) is 0 Å². The average molecular weight is 552 g/mol. The first-order valence-electron chi connectivity index (χ1n) is 14.3. The van der Waals surface area contributed by atoms with Gasteiger partial charge in [-0.15, -0.1) is 11.3 Å². The Balaban J connectivity index is 1.25. The highest BCUT2D eigenvalue weighted by atomic mass is 32.1. The molecule has 0 saturated heterocycles. The van der Waals surface area contributed by atoms with Gasteiger partial charge in [0.05, 0.1) is 0 Å². The average Bonchev–Trinajstić information content (AvgIpc) is 3.40. The Morgan fingerprint density at radius 2 is 0.905 bits per heavy atom. The van der Waals surface area contributed by atoms with Gasteiger partial charge in [0, 0.05) is 37.2 Å². The van der Waals surface area contributed by atoms with Crippen LogP contribution in [0.3, 0.4) is 0 Å². The number of anilines is 3. The smallest absolute Gasteiger partial charge is 0.0468 e. The summed E-state index contributed by atoms with van der Waals surface area (Å²) in [6, 6.07) is 55.6. The van der Waals surface area contributed by atoms with Crippen molar-refractivity contribution in [1.29, 1.82) is 0 Å². The molecule has 9 aromatic rings. The SMILES string of the molecule is c1ccc(N(c2ccc3c(ccc4c5ccccc5ccc34)c2)c2ccc3sc4cc5ccccc5cc4c3c2)cc1. The fourth-order valence-electron chi connectivity index (χ4n) is 6.57. The van der Waals surface area contributed by atoms with E-state index in [1.807, 2.05) is 11.3 Å². The highest BCUT2D eigenvalue weighted by Crippen LogP contribution is 2.42. The second kappa shape index (κ2) is 9.17. The molecule has 0 atom stereocenters. The summed E-state index contributed by atoms with van der Waals surface area (Å²) in [6.45, 7) is 0. The van der Waals surface area contributed by atoms with Crippen LogP contribution in [-0.4, -0.2) is 0 Å². The minimum absolute atomic E-state index is 1.15. The van der Waals surface area contributed by atoms with Crippen LogP contribution in [0.2, 0.25) is 0 Å². The summed E-state index contributed by atoms with van der Waals surface area (Å²) in [5, 5.41) is 12.9. The van der Waals surface area contributed by atoms with Crippen LogP contribution < -0.4 is 4.90 Å². The van der Waals surface area contributed by atoms with Crippen LogP contribution in [0, 0.1) is 0 Å². The van der Waals surface area contributed by atoms with Crippen molar-refractivity contribution in [2.75, 3.05) is 4.90 Å². The Labute approximate surface area is 247 Å². The first kappa shape index (κ1) is 23.5. The molecule has 1 aromatic heterocycles. The molecule has 0 saturated carbocycles. The van der Waals surface area contributed by atoms with E-state index in [1.54, 1.807) is 0 Å². The molecule has 0 aliphatic rings. The highest BCUT2D eigenvalue weighted by Gasteiger charge is 2.16. The molecule has 0 bridgehead atoms. The number of nitrogens with zero attached hydrogens (tertiary/aromatic N) is 1. The summed E-state index contributed by atoms with van der Waals surface area (Å²) in [6.07, 6.45) is 0. The fourth-order valence-corrected chi connectivity index (χ4v) is 7.69. The molecule has 0 amide bonds. The number of rotatable bonds is 3. The van der Waals surface area contributed by atoms with E-state index in [0.29, 0.717) is 0 Å². The molecule has 42 heavy (non-hydrogen) atoms. The molecule has 0 spiro atoms. The maximum Gasteiger partial charge on any atom is 0.0468 e. The number of hydrogen-bond acceptors (Lipinski definition) is 2. The van der Waals surface area contributed by atoms with E-state index in [4.69, 9.17) is 0 Å². The maximum absolute atomic E-state index is 2.38. The molecular formula is C40H25NS. The van der Waals surface area contributed by atoms with Crippen LogP contribution in [0.1, 0.15) is 0 Å². The summed E-state index contributed by atoms with van der Waals surface area (Å²) in [4.78, 5) is 2.38. The van der Waals surface area contributed by atoms with Crippen LogP contribution in [-0.2, 0) is 0 Å². The molecule has 0 fully saturated rings. The zero-order valence-electron chi connectivity index (χ0n) is 22.8. The minimum Gasteiger partial charge on any atom is -0.310 e. The fraction of sp³-hybridized carbons (Fsp3) is 0. The lowest BCUT2D eigenvalue weighted by atomic mass is 9.96. The zero-order valence-corrected chi connectivity index (χ0v) is 23.6. The van der Waals surface area contributed by atoms with E-state index in [9.17, 15) is 0 Å². The monoisotopic (exact) mass is 551 g/mol. The van der Waals surface area contributed by atoms with E-state index < -0.39 is 0 Å². The lowest BCUT2D eigenvalue weighted by molar-refractivity contribution is 1.30. The first-order valence-corrected chi connectivity index (χ1v) is 15.2. The van der Waals surface area contributed by atoms with E-state index in [0.717, 1.165) is 17.1 Å². The molecule has 0 N–H and O–H groups in total. The van der Waals surface area contributed by atoms with Crippen LogP contribution in [0.4, 0.5) is 17.1 Å². The van der Waals surface area contributed by atoms with Gasteiger partial charge in [-0.3, -0.25) is 0 Å². The predicted molar refractivity (Wildman–Crippen MR) is 184 cm³/mol. The Hall–Kier alpha value is -5.18. The molecule has 1 nitrogen and oxygen atoms in total. The van der Waals surface area contributed by atoms with Gasteiger partial charge < -0.3 is 4.90 Å². The van der Waals surface area contributed by atoms with E-state index in [2.05, 4.69) is 157 Å². The van der Waals surface area contributed by atoms with Crippen molar-refractivity contribution in [2.45, 2.75) is 0 Å². The van der Waals surface area contributed by atoms with Gasteiger partial charge in [-0.2, -0.15) is 0 Å². The summed E-state index contributed by atoms with van der Waals surface area (Å²) < 4.78 is 2.64.